The molecule has 0 aliphatic heterocycles. The molecule has 168 valence electrons. The number of aryl methyl sites for hydroxylation is 1. The van der Waals surface area contributed by atoms with E-state index in [4.69, 9.17) is 16.3 Å². The summed E-state index contributed by atoms with van der Waals surface area (Å²) >= 11 is 9.51. The van der Waals surface area contributed by atoms with Gasteiger partial charge in [0, 0.05) is 20.7 Å². The van der Waals surface area contributed by atoms with Gasteiger partial charge in [-0.3, -0.25) is 4.79 Å². The van der Waals surface area contributed by atoms with E-state index in [2.05, 4.69) is 39.4 Å². The first-order chi connectivity index (χ1) is 16.4. The Morgan fingerprint density at radius 3 is 2.71 bits per heavy atom. The molecule has 4 aromatic rings. The summed E-state index contributed by atoms with van der Waals surface area (Å²) in [5.41, 5.74) is 3.01. The molecule has 0 bridgehead atoms. The van der Waals surface area contributed by atoms with Crippen LogP contribution in [0, 0.1) is 18.3 Å². The predicted molar refractivity (Wildman–Crippen MR) is 141 cm³/mol. The van der Waals surface area contributed by atoms with Crippen molar-refractivity contribution in [2.45, 2.75) is 13.5 Å². The first-order valence-corrected chi connectivity index (χ1v) is 11.7. The molecule has 0 spiro atoms. The van der Waals surface area contributed by atoms with Crippen LogP contribution in [0.2, 0.25) is 5.02 Å². The monoisotopic (exact) mass is 530 g/mol. The zero-order valence-corrected chi connectivity index (χ0v) is 20.7. The molecule has 34 heavy (non-hydrogen) atoms. The lowest BCUT2D eigenvalue weighted by Gasteiger charge is -2.12. The van der Waals surface area contributed by atoms with E-state index in [1.807, 2.05) is 55.5 Å². The Morgan fingerprint density at radius 1 is 1.09 bits per heavy atom. The summed E-state index contributed by atoms with van der Waals surface area (Å²) in [6, 6.07) is 26.9. The maximum absolute atomic E-state index is 12.8. The smallest absolute Gasteiger partial charge is 0.266 e. The minimum absolute atomic E-state index is 0.0486. The highest BCUT2D eigenvalue weighted by Gasteiger charge is 2.14. The van der Waals surface area contributed by atoms with Gasteiger partial charge in [-0.05, 0) is 65.2 Å². The summed E-state index contributed by atoms with van der Waals surface area (Å²) in [5, 5.41) is 15.2. The number of nitrogens with zero attached hydrogens (tertiary/aromatic N) is 1. The van der Waals surface area contributed by atoms with E-state index in [1.165, 1.54) is 6.08 Å². The zero-order chi connectivity index (χ0) is 24.1. The van der Waals surface area contributed by atoms with E-state index in [1.54, 1.807) is 18.2 Å². The standard InChI is InChI=1S/C28H20BrClN2O2/c1-18-9-11-24(30)15-26(18)32-28(33)22(16-31)13-21-14-23(29)10-12-27(21)34-17-20-7-4-6-19-5-2-3-8-25(19)20/h2-15H,17H2,1H3,(H,32,33)/b22-13+. The molecule has 0 unspecified atom stereocenters. The third-order valence-electron chi connectivity index (χ3n) is 5.35. The van der Waals surface area contributed by atoms with Crippen molar-refractivity contribution in [1.82, 2.24) is 0 Å². The van der Waals surface area contributed by atoms with Crippen LogP contribution in [0.15, 0.2) is 88.9 Å². The first kappa shape index (κ1) is 23.6. The van der Waals surface area contributed by atoms with Crippen LogP contribution in [-0.4, -0.2) is 5.91 Å². The summed E-state index contributed by atoms with van der Waals surface area (Å²) in [4.78, 5) is 12.8. The Bertz CT molecular complexity index is 1450. The molecule has 0 saturated carbocycles. The molecule has 0 aliphatic carbocycles. The van der Waals surface area contributed by atoms with Gasteiger partial charge in [0.15, 0.2) is 0 Å². The van der Waals surface area contributed by atoms with Crippen molar-refractivity contribution in [2.75, 3.05) is 5.32 Å². The maximum atomic E-state index is 12.8. The third kappa shape index (κ3) is 5.48. The van der Waals surface area contributed by atoms with Gasteiger partial charge in [-0.2, -0.15) is 5.26 Å². The molecule has 0 aromatic heterocycles. The molecule has 0 fully saturated rings. The lowest BCUT2D eigenvalue weighted by Crippen LogP contribution is -2.14. The molecule has 4 aromatic carbocycles. The highest BCUT2D eigenvalue weighted by atomic mass is 79.9. The average molecular weight is 532 g/mol. The van der Waals surface area contributed by atoms with Gasteiger partial charge in [-0.15, -0.1) is 0 Å². The van der Waals surface area contributed by atoms with Gasteiger partial charge in [0.05, 0.1) is 0 Å². The maximum Gasteiger partial charge on any atom is 0.266 e. The van der Waals surface area contributed by atoms with Crippen LogP contribution in [0.25, 0.3) is 16.8 Å². The van der Waals surface area contributed by atoms with Crippen molar-refractivity contribution in [3.05, 3.63) is 111 Å². The van der Waals surface area contributed by atoms with E-state index in [-0.39, 0.29) is 5.57 Å². The zero-order valence-electron chi connectivity index (χ0n) is 18.3. The molecule has 0 atom stereocenters. The summed E-state index contributed by atoms with van der Waals surface area (Å²) in [6.07, 6.45) is 1.53. The fourth-order valence-electron chi connectivity index (χ4n) is 3.56. The Balaban J connectivity index is 1.61. The molecule has 4 rings (SSSR count). The fraction of sp³-hybridized carbons (Fsp3) is 0.0714. The number of rotatable bonds is 6. The third-order valence-corrected chi connectivity index (χ3v) is 6.08. The Labute approximate surface area is 211 Å². The number of amides is 1. The highest BCUT2D eigenvalue weighted by molar-refractivity contribution is 9.10. The summed E-state index contributed by atoms with van der Waals surface area (Å²) < 4.78 is 6.95. The van der Waals surface area contributed by atoms with E-state index in [9.17, 15) is 10.1 Å². The second kappa shape index (κ2) is 10.6. The van der Waals surface area contributed by atoms with Crippen LogP contribution in [0.1, 0.15) is 16.7 Å². The van der Waals surface area contributed by atoms with Gasteiger partial charge < -0.3 is 10.1 Å². The van der Waals surface area contributed by atoms with Crippen molar-refractivity contribution in [3.63, 3.8) is 0 Å². The summed E-state index contributed by atoms with van der Waals surface area (Å²) in [5.74, 6) is 0.0449. The number of benzene rings is 4. The van der Waals surface area contributed by atoms with E-state index in [0.717, 1.165) is 26.4 Å². The van der Waals surface area contributed by atoms with Gasteiger partial charge in [-0.25, -0.2) is 0 Å². The number of nitrogens with one attached hydrogen (secondary N) is 1. The van der Waals surface area contributed by atoms with Crippen LogP contribution >= 0.6 is 27.5 Å². The number of hydrogen-bond donors (Lipinski definition) is 1. The minimum atomic E-state index is -0.521. The highest BCUT2D eigenvalue weighted by Crippen LogP contribution is 2.28. The molecule has 0 aliphatic rings. The number of hydrogen-bond acceptors (Lipinski definition) is 3. The normalized spacial score (nSPS) is 11.2. The van der Waals surface area contributed by atoms with Gasteiger partial charge in [0.2, 0.25) is 0 Å². The van der Waals surface area contributed by atoms with Crippen molar-refractivity contribution in [1.29, 1.82) is 5.26 Å². The lowest BCUT2D eigenvalue weighted by molar-refractivity contribution is -0.112. The molecular weight excluding hydrogens is 512 g/mol. The van der Waals surface area contributed by atoms with Gasteiger partial charge in [0.1, 0.15) is 24.0 Å². The number of ether oxygens (including phenoxy) is 1. The SMILES string of the molecule is Cc1ccc(Cl)cc1NC(=O)/C(C#N)=C/c1cc(Br)ccc1OCc1cccc2ccccc12. The number of halogens is 2. The van der Waals surface area contributed by atoms with E-state index in [0.29, 0.717) is 28.6 Å². The van der Waals surface area contributed by atoms with E-state index >= 15 is 0 Å². The van der Waals surface area contributed by atoms with Crippen molar-refractivity contribution in [3.8, 4) is 11.8 Å². The number of nitriles is 1. The summed E-state index contributed by atoms with van der Waals surface area (Å²) in [6.45, 7) is 2.20. The van der Waals surface area contributed by atoms with Crippen LogP contribution in [0.5, 0.6) is 5.75 Å². The van der Waals surface area contributed by atoms with Gasteiger partial charge >= 0.3 is 0 Å². The van der Waals surface area contributed by atoms with Crippen LogP contribution < -0.4 is 10.1 Å². The average Bonchev–Trinajstić information content (AvgIpc) is 2.84. The first-order valence-electron chi connectivity index (χ1n) is 10.5. The number of fused-ring (bicyclic) bond motifs is 1. The van der Waals surface area contributed by atoms with Crippen LogP contribution in [-0.2, 0) is 11.4 Å². The van der Waals surface area contributed by atoms with Crippen molar-refractivity contribution in [2.24, 2.45) is 0 Å². The fourth-order valence-corrected chi connectivity index (χ4v) is 4.11. The minimum Gasteiger partial charge on any atom is -0.488 e. The Hall–Kier alpha value is -3.59. The lowest BCUT2D eigenvalue weighted by atomic mass is 10.1. The molecule has 6 heteroatoms. The van der Waals surface area contributed by atoms with Crippen molar-refractivity contribution >= 4 is 56.0 Å². The molecule has 0 heterocycles. The quantitative estimate of drug-likeness (QED) is 0.205. The molecule has 4 nitrogen and oxygen atoms in total. The number of carbonyl (C=O) groups is 1. The second-order valence-electron chi connectivity index (χ2n) is 7.69. The van der Waals surface area contributed by atoms with Gasteiger partial charge in [0.25, 0.3) is 5.91 Å². The van der Waals surface area contributed by atoms with Crippen molar-refractivity contribution < 1.29 is 9.53 Å². The topological polar surface area (TPSA) is 62.1 Å². The molecular formula is C28H20BrClN2O2. The molecule has 1 amide bonds. The number of anilines is 1. The Morgan fingerprint density at radius 2 is 1.88 bits per heavy atom. The summed E-state index contributed by atoms with van der Waals surface area (Å²) in [7, 11) is 0. The Kier molecular flexibility index (Phi) is 7.32. The molecule has 1 N–H and O–H groups in total. The second-order valence-corrected chi connectivity index (χ2v) is 9.04. The largest absolute Gasteiger partial charge is 0.488 e. The van der Waals surface area contributed by atoms with Crippen LogP contribution in [0.3, 0.4) is 0 Å². The van der Waals surface area contributed by atoms with Gasteiger partial charge in [-0.1, -0.05) is 76.1 Å². The van der Waals surface area contributed by atoms with E-state index < -0.39 is 5.91 Å². The molecule has 0 radical (unpaired) electrons. The number of carbonyl (C=O) groups excluding carboxylic acids is 1. The van der Waals surface area contributed by atoms with Crippen LogP contribution in [0.4, 0.5) is 5.69 Å². The molecule has 0 saturated heterocycles. The predicted octanol–water partition coefficient (Wildman–Crippen LogP) is 7.69.